The van der Waals surface area contributed by atoms with Crippen LogP contribution in [0.2, 0.25) is 0 Å². The predicted molar refractivity (Wildman–Crippen MR) is 364 cm³/mol. The van der Waals surface area contributed by atoms with E-state index in [0.717, 1.165) is 152 Å². The fourth-order valence-electron chi connectivity index (χ4n) is 16.2. The van der Waals surface area contributed by atoms with E-state index >= 15 is 0 Å². The van der Waals surface area contributed by atoms with Crippen LogP contribution in [-0.2, 0) is 0 Å². The highest BCUT2D eigenvalue weighted by Crippen LogP contribution is 2.49. The summed E-state index contributed by atoms with van der Waals surface area (Å²) in [4.78, 5) is 18.3. The first-order chi connectivity index (χ1) is 44.5. The molecule has 0 unspecified atom stereocenters. The molecule has 90 heavy (non-hydrogen) atoms. The minimum absolute atomic E-state index is 0.188. The Morgan fingerprint density at radius 1 is 0.300 bits per heavy atom. The number of hydrogen-bond donors (Lipinski definition) is 0. The van der Waals surface area contributed by atoms with Crippen molar-refractivity contribution in [2.45, 2.75) is 13.8 Å². The van der Waals surface area contributed by atoms with Crippen LogP contribution in [-0.4, -0.2) is 48.8 Å². The van der Waals surface area contributed by atoms with Crippen molar-refractivity contribution in [1.29, 1.82) is 0 Å². The third-order valence-electron chi connectivity index (χ3n) is 19.8. The van der Waals surface area contributed by atoms with Crippen molar-refractivity contribution in [2.24, 2.45) is 0 Å². The first-order valence-electron chi connectivity index (χ1n) is 30.8. The maximum Gasteiger partial charge on any atom is 0.256 e. The number of nitrogens with zero attached hydrogens (tertiary/aromatic N) is 7. The van der Waals surface area contributed by atoms with E-state index in [9.17, 15) is 0 Å². The molecule has 21 rings (SSSR count). The number of aryl methyl sites for hydroxylation is 2. The van der Waals surface area contributed by atoms with Gasteiger partial charge in [0, 0.05) is 52.0 Å². The summed E-state index contributed by atoms with van der Waals surface area (Å²) in [6.45, 7) is 3.90. The monoisotopic (exact) mass is 1150 g/mol. The molecule has 9 heterocycles. The highest BCUT2D eigenvalue weighted by Gasteiger charge is 2.56. The summed E-state index contributed by atoms with van der Waals surface area (Å²) >= 11 is 0. The predicted octanol–water partition coefficient (Wildman–Crippen LogP) is 11.6. The van der Waals surface area contributed by atoms with E-state index in [1.807, 2.05) is 0 Å². The largest absolute Gasteiger partial charge is 0.458 e. The summed E-state index contributed by atoms with van der Waals surface area (Å²) in [6, 6.07) is 86.5. The van der Waals surface area contributed by atoms with Gasteiger partial charge in [-0.1, -0.05) is 164 Å². The normalized spacial score (nSPS) is 13.6. The fraction of sp³-hybridized carbons (Fsp3) is 0.0260. The van der Waals surface area contributed by atoms with Crippen molar-refractivity contribution in [2.75, 3.05) is 4.90 Å². The molecular weight excluding hydrogens is 1100 g/mol. The maximum absolute atomic E-state index is 7.52. The third-order valence-corrected chi connectivity index (χ3v) is 19.8. The molecule has 6 aliphatic rings. The number of para-hydroxylation sites is 6. The van der Waals surface area contributed by atoms with Crippen LogP contribution in [0.4, 0.5) is 17.1 Å². The Morgan fingerprint density at radius 2 is 0.644 bits per heavy atom. The molecule has 10 nitrogen and oxygen atoms in total. The van der Waals surface area contributed by atoms with Gasteiger partial charge >= 0.3 is 0 Å². The molecule has 0 saturated carbocycles. The van der Waals surface area contributed by atoms with Crippen molar-refractivity contribution in [3.63, 3.8) is 0 Å². The van der Waals surface area contributed by atoms with E-state index in [1.165, 1.54) is 44.2 Å². The van der Waals surface area contributed by atoms with E-state index in [-0.39, 0.29) is 20.1 Å². The lowest BCUT2D eigenvalue weighted by molar-refractivity contribution is 0.483. The number of imidazole rings is 3. The van der Waals surface area contributed by atoms with Crippen LogP contribution >= 0.6 is 0 Å². The SMILES string of the molecule is Cc1cc2c3c4c1Oc1cc(-n5c(-c6ccccc6)nc6ccccc65)ccc1B4c1ccc4c5c1N3c1c(cc(C)c3c1B2c1ccc(-n2c(-c6ccccc6)nc6ccccc62)cc1O3)B5c1ccc(-n2c(-c3ccccc3)nc3ccccc32)cc1O4. The molecule has 0 fully saturated rings. The topological polar surface area (TPSA) is 84.4 Å². The standard InChI is InChI=1S/C77H46B3N7O3/c1-43-38-55-71-69-74(43)90-66-42-50(86-62-29-17-14-26-59(62)83-77(86)47-22-10-5-11-23-47)32-35-53(66)80(69)56-39-44(2)73-68-72(56)87(71)70-54(78(68)52-34-31-49(41-65(52)89-73)85-61-28-16-13-25-58(61)82-76(85)46-20-8-4-9-21-46)36-37-63-67(70)79(55)51-33-30-48(40-64(51)88-63)84-60-27-15-12-24-57(60)81-75(84)45-18-6-3-7-19-45/h3-42H,1-2H3. The second-order valence-corrected chi connectivity index (χ2v) is 24.6. The number of benzene rings is 12. The average molecular weight is 1150 g/mol. The van der Waals surface area contributed by atoms with Gasteiger partial charge < -0.3 is 19.1 Å². The molecule has 0 amide bonds. The zero-order valence-electron chi connectivity index (χ0n) is 48.7. The molecule has 416 valence electrons. The van der Waals surface area contributed by atoms with Gasteiger partial charge in [-0.3, -0.25) is 13.7 Å². The van der Waals surface area contributed by atoms with Crippen LogP contribution in [0.5, 0.6) is 34.5 Å². The first kappa shape index (κ1) is 48.5. The van der Waals surface area contributed by atoms with Crippen LogP contribution in [0, 0.1) is 13.8 Å². The molecule has 3 aromatic heterocycles. The molecule has 0 spiro atoms. The number of aromatic nitrogens is 6. The number of fused-ring (bicyclic) bond motifs is 12. The lowest BCUT2D eigenvalue weighted by Crippen LogP contribution is -2.73. The summed E-state index contributed by atoms with van der Waals surface area (Å²) in [5.74, 6) is 7.74. The van der Waals surface area contributed by atoms with Crippen molar-refractivity contribution >= 4 is 119 Å². The Bertz CT molecular complexity index is 5710. The van der Waals surface area contributed by atoms with Gasteiger partial charge in [0.1, 0.15) is 52.0 Å². The van der Waals surface area contributed by atoms with Gasteiger partial charge in [0.2, 0.25) is 0 Å². The van der Waals surface area contributed by atoms with Gasteiger partial charge in [-0.2, -0.15) is 0 Å². The number of hydrogen-bond acceptors (Lipinski definition) is 7. The molecule has 13 heteroatoms. The van der Waals surface area contributed by atoms with E-state index in [1.54, 1.807) is 0 Å². The second kappa shape index (κ2) is 17.6. The van der Waals surface area contributed by atoms with E-state index in [4.69, 9.17) is 29.2 Å². The summed E-state index contributed by atoms with van der Waals surface area (Å²) in [5.41, 5.74) is 28.1. The first-order valence-corrected chi connectivity index (χ1v) is 30.8. The molecule has 0 aliphatic carbocycles. The fourth-order valence-corrected chi connectivity index (χ4v) is 16.2. The summed E-state index contributed by atoms with van der Waals surface area (Å²) < 4.78 is 29.3. The van der Waals surface area contributed by atoms with Crippen molar-refractivity contribution < 1.29 is 14.2 Å². The molecule has 15 aromatic rings. The smallest absolute Gasteiger partial charge is 0.256 e. The Morgan fingerprint density at radius 3 is 1.07 bits per heavy atom. The zero-order chi connectivity index (χ0) is 58.8. The zero-order valence-corrected chi connectivity index (χ0v) is 48.7. The number of ether oxygens (including phenoxy) is 3. The molecule has 0 N–H and O–H groups in total. The average Bonchev–Trinajstić information content (AvgIpc) is 0.767. The Kier molecular flexibility index (Phi) is 9.48. The van der Waals surface area contributed by atoms with E-state index in [0.29, 0.717) is 0 Å². The minimum Gasteiger partial charge on any atom is -0.458 e. The summed E-state index contributed by atoms with van der Waals surface area (Å²) in [5, 5.41) is 0. The second-order valence-electron chi connectivity index (χ2n) is 24.6. The Balaban J connectivity index is 0.805. The van der Waals surface area contributed by atoms with E-state index < -0.39 is 0 Å². The van der Waals surface area contributed by atoms with Gasteiger partial charge in [0.05, 0.1) is 50.2 Å². The van der Waals surface area contributed by atoms with Crippen LogP contribution in [0.3, 0.4) is 0 Å². The van der Waals surface area contributed by atoms with Crippen LogP contribution < -0.4 is 68.3 Å². The van der Waals surface area contributed by atoms with Gasteiger partial charge in [-0.15, -0.1) is 0 Å². The molecule has 0 atom stereocenters. The van der Waals surface area contributed by atoms with Crippen molar-refractivity contribution in [1.82, 2.24) is 28.7 Å². The van der Waals surface area contributed by atoms with Crippen molar-refractivity contribution in [3.05, 3.63) is 254 Å². The molecule has 6 aliphatic heterocycles. The van der Waals surface area contributed by atoms with E-state index in [2.05, 4.69) is 275 Å². The Hall–Kier alpha value is -11.6. The Labute approximate surface area is 517 Å². The van der Waals surface area contributed by atoms with Gasteiger partial charge in [0.25, 0.3) is 20.1 Å². The highest BCUT2D eigenvalue weighted by molar-refractivity contribution is 7.07. The number of anilines is 3. The van der Waals surface area contributed by atoms with Crippen LogP contribution in [0.15, 0.2) is 243 Å². The van der Waals surface area contributed by atoms with Crippen LogP contribution in [0.1, 0.15) is 11.1 Å². The highest BCUT2D eigenvalue weighted by atomic mass is 16.5. The molecular formula is C77H46B3N7O3. The molecule has 0 saturated heterocycles. The lowest BCUT2D eigenvalue weighted by Gasteiger charge is -2.52. The molecule has 0 bridgehead atoms. The molecule has 0 radical (unpaired) electrons. The third kappa shape index (κ3) is 6.37. The van der Waals surface area contributed by atoms with Crippen molar-refractivity contribution in [3.8, 4) is 85.7 Å². The molecule has 12 aromatic carbocycles. The van der Waals surface area contributed by atoms with Crippen LogP contribution in [0.25, 0.3) is 84.3 Å². The maximum atomic E-state index is 7.52. The number of rotatable bonds is 6. The van der Waals surface area contributed by atoms with Gasteiger partial charge in [-0.05, 0) is 135 Å². The van der Waals surface area contributed by atoms with Gasteiger partial charge in [0.15, 0.2) is 0 Å². The lowest BCUT2D eigenvalue weighted by atomic mass is 9.25. The minimum atomic E-state index is -0.191. The summed E-state index contributed by atoms with van der Waals surface area (Å²) in [7, 11) is 0. The van der Waals surface area contributed by atoms with Gasteiger partial charge in [-0.25, -0.2) is 15.0 Å². The quantitative estimate of drug-likeness (QED) is 0.153. The summed E-state index contributed by atoms with van der Waals surface area (Å²) in [6.07, 6.45) is 0.